The monoisotopic (exact) mass is 526 g/mol. The molecule has 0 aliphatic carbocycles. The first-order valence-electron chi connectivity index (χ1n) is 9.34. The van der Waals surface area contributed by atoms with Crippen LogP contribution in [0.25, 0.3) is 0 Å². The summed E-state index contributed by atoms with van der Waals surface area (Å²) in [5.41, 5.74) is -0.676. The van der Waals surface area contributed by atoms with E-state index in [4.69, 9.17) is 4.74 Å². The van der Waals surface area contributed by atoms with Gasteiger partial charge in [0.05, 0.1) is 6.54 Å². The molecule has 7 nitrogen and oxygen atoms in total. The van der Waals surface area contributed by atoms with Crippen molar-refractivity contribution in [1.29, 1.82) is 0 Å². The molecule has 0 bridgehead atoms. The van der Waals surface area contributed by atoms with Crippen LogP contribution in [0, 0.1) is 0 Å². The lowest BCUT2D eigenvalue weighted by Crippen LogP contribution is -2.44. The van der Waals surface area contributed by atoms with E-state index in [0.29, 0.717) is 32.1 Å². The number of likely N-dealkylation sites (N-methyl/N-ethyl adjacent to an activating group) is 1. The first-order chi connectivity index (χ1) is 12.6. The van der Waals surface area contributed by atoms with Crippen molar-refractivity contribution in [1.82, 2.24) is 15.5 Å². The maximum Gasteiger partial charge on any atom is 0.410 e. The zero-order valence-corrected chi connectivity index (χ0v) is 20.9. The van der Waals surface area contributed by atoms with Crippen molar-refractivity contribution < 1.29 is 14.6 Å². The van der Waals surface area contributed by atoms with E-state index in [1.165, 1.54) is 0 Å². The number of amides is 1. The fourth-order valence-corrected chi connectivity index (χ4v) is 3.03. The number of carbonyl (C=O) groups is 1. The number of aliphatic imine (C=N–C) groups is 1. The lowest BCUT2D eigenvalue weighted by atomic mass is 10.00. The lowest BCUT2D eigenvalue weighted by molar-refractivity contribution is 0.0264. The zero-order chi connectivity index (χ0) is 20.5. The van der Waals surface area contributed by atoms with E-state index in [1.54, 1.807) is 23.2 Å². The topological polar surface area (TPSA) is 86.2 Å². The third-order valence-electron chi connectivity index (χ3n) is 3.74. The van der Waals surface area contributed by atoms with E-state index < -0.39 is 11.2 Å². The van der Waals surface area contributed by atoms with E-state index in [9.17, 15) is 9.90 Å². The van der Waals surface area contributed by atoms with Gasteiger partial charge in [0.2, 0.25) is 0 Å². The molecule has 1 aromatic rings. The van der Waals surface area contributed by atoms with Crippen LogP contribution in [0.2, 0.25) is 0 Å². The molecule has 0 aromatic carbocycles. The van der Waals surface area contributed by atoms with E-state index >= 15 is 0 Å². The second-order valence-electron chi connectivity index (χ2n) is 7.47. The molecule has 0 aliphatic rings. The summed E-state index contributed by atoms with van der Waals surface area (Å²) in [6.45, 7) is 13.7. The summed E-state index contributed by atoms with van der Waals surface area (Å²) in [5.74, 6) is 0.605. The Balaban J connectivity index is 0.00000729. The molecule has 162 valence electrons. The van der Waals surface area contributed by atoms with Gasteiger partial charge < -0.3 is 25.4 Å². The largest absolute Gasteiger partial charge is 0.444 e. The highest BCUT2D eigenvalue weighted by atomic mass is 127. The molecule has 1 atom stereocenters. The van der Waals surface area contributed by atoms with Crippen LogP contribution in [-0.4, -0.2) is 60.4 Å². The molecule has 0 saturated carbocycles. The molecule has 0 radical (unpaired) electrons. The third kappa shape index (κ3) is 9.92. The fourth-order valence-electron chi connectivity index (χ4n) is 2.25. The first kappa shape index (κ1) is 26.9. The molecule has 0 aliphatic heterocycles. The summed E-state index contributed by atoms with van der Waals surface area (Å²) in [5, 5.41) is 20.8. The van der Waals surface area contributed by atoms with Crippen molar-refractivity contribution in [3.8, 4) is 0 Å². The SMILES string of the molecule is CCNC(=NCC(C)(O)c1ccsc1)NCCN(CC)C(=O)OC(C)(C)C.I. The van der Waals surface area contributed by atoms with Crippen molar-refractivity contribution in [3.63, 3.8) is 0 Å². The molecule has 9 heteroatoms. The van der Waals surface area contributed by atoms with Gasteiger partial charge in [-0.1, -0.05) is 0 Å². The molecule has 0 fully saturated rings. The number of nitrogens with zero attached hydrogens (tertiary/aromatic N) is 2. The van der Waals surface area contributed by atoms with Crippen LogP contribution >= 0.6 is 35.3 Å². The Morgan fingerprint density at radius 1 is 1.29 bits per heavy atom. The highest BCUT2D eigenvalue weighted by molar-refractivity contribution is 14.0. The van der Waals surface area contributed by atoms with E-state index in [-0.39, 0.29) is 36.6 Å². The fraction of sp³-hybridized carbons (Fsp3) is 0.684. The van der Waals surface area contributed by atoms with Gasteiger partial charge in [-0.15, -0.1) is 24.0 Å². The number of carbonyl (C=O) groups excluding carboxylic acids is 1. The molecule has 0 spiro atoms. The maximum absolute atomic E-state index is 12.2. The van der Waals surface area contributed by atoms with Crippen LogP contribution in [-0.2, 0) is 10.3 Å². The number of thiophene rings is 1. The summed E-state index contributed by atoms with van der Waals surface area (Å²) >= 11 is 1.55. The van der Waals surface area contributed by atoms with Gasteiger partial charge in [0.25, 0.3) is 0 Å². The minimum atomic E-state index is -1.02. The number of guanidine groups is 1. The van der Waals surface area contributed by atoms with Crippen molar-refractivity contribution in [2.24, 2.45) is 4.99 Å². The van der Waals surface area contributed by atoms with Gasteiger partial charge in [-0.2, -0.15) is 11.3 Å². The Kier molecular flexibility index (Phi) is 12.0. The number of hydrogen-bond donors (Lipinski definition) is 3. The van der Waals surface area contributed by atoms with Crippen LogP contribution in [0.15, 0.2) is 21.8 Å². The standard InChI is InChI=1S/C19H34N4O3S.HI/c1-7-20-16(22-14-19(6,25)15-9-12-27-13-15)21-10-11-23(8-2)17(24)26-18(3,4)5;/h9,12-13,25H,7-8,10-11,14H2,1-6H3,(H2,20,21,22);1H. The second kappa shape index (κ2) is 12.5. The van der Waals surface area contributed by atoms with Gasteiger partial charge in [0.1, 0.15) is 11.2 Å². The Morgan fingerprint density at radius 3 is 2.46 bits per heavy atom. The maximum atomic E-state index is 12.2. The third-order valence-corrected chi connectivity index (χ3v) is 4.42. The minimum absolute atomic E-state index is 0. The molecule has 1 amide bonds. The summed E-state index contributed by atoms with van der Waals surface area (Å²) in [4.78, 5) is 18.3. The Labute approximate surface area is 190 Å². The second-order valence-corrected chi connectivity index (χ2v) is 8.25. The predicted molar refractivity (Wildman–Crippen MR) is 127 cm³/mol. The molecular weight excluding hydrogens is 491 g/mol. The van der Waals surface area contributed by atoms with Crippen LogP contribution in [0.1, 0.15) is 47.1 Å². The highest BCUT2D eigenvalue weighted by Crippen LogP contribution is 2.23. The van der Waals surface area contributed by atoms with Crippen LogP contribution in [0.3, 0.4) is 0 Å². The number of rotatable bonds is 8. The number of halogens is 1. The van der Waals surface area contributed by atoms with E-state index in [1.807, 2.05) is 51.4 Å². The Morgan fingerprint density at radius 2 is 1.96 bits per heavy atom. The van der Waals surface area contributed by atoms with E-state index in [2.05, 4.69) is 15.6 Å². The van der Waals surface area contributed by atoms with Gasteiger partial charge >= 0.3 is 6.09 Å². The quantitative estimate of drug-likeness (QED) is 0.275. The first-order valence-corrected chi connectivity index (χ1v) is 10.3. The Hall–Kier alpha value is -1.07. The average molecular weight is 526 g/mol. The van der Waals surface area contributed by atoms with Gasteiger partial charge in [0.15, 0.2) is 5.96 Å². The van der Waals surface area contributed by atoms with E-state index in [0.717, 1.165) is 5.56 Å². The number of ether oxygens (including phenoxy) is 1. The van der Waals surface area contributed by atoms with Crippen molar-refractivity contribution in [3.05, 3.63) is 22.4 Å². The van der Waals surface area contributed by atoms with Crippen molar-refractivity contribution in [2.45, 2.75) is 52.7 Å². The zero-order valence-electron chi connectivity index (χ0n) is 17.7. The summed E-state index contributed by atoms with van der Waals surface area (Å²) < 4.78 is 5.41. The van der Waals surface area contributed by atoms with Gasteiger partial charge in [-0.25, -0.2) is 9.79 Å². The van der Waals surface area contributed by atoms with Crippen LogP contribution in [0.5, 0.6) is 0 Å². The van der Waals surface area contributed by atoms with Gasteiger partial charge in [0, 0.05) is 26.2 Å². The van der Waals surface area contributed by atoms with Crippen molar-refractivity contribution in [2.75, 3.05) is 32.7 Å². The molecule has 1 unspecified atom stereocenters. The summed E-state index contributed by atoms with van der Waals surface area (Å²) in [6, 6.07) is 1.90. The summed E-state index contributed by atoms with van der Waals surface area (Å²) in [7, 11) is 0. The minimum Gasteiger partial charge on any atom is -0.444 e. The average Bonchev–Trinajstić information content (AvgIpc) is 3.10. The predicted octanol–water partition coefficient (Wildman–Crippen LogP) is 3.39. The van der Waals surface area contributed by atoms with Gasteiger partial charge in [-0.3, -0.25) is 0 Å². The molecule has 28 heavy (non-hydrogen) atoms. The molecule has 0 saturated heterocycles. The highest BCUT2D eigenvalue weighted by Gasteiger charge is 2.23. The van der Waals surface area contributed by atoms with Crippen LogP contribution < -0.4 is 10.6 Å². The molecule has 1 aromatic heterocycles. The number of aliphatic hydroxyl groups is 1. The number of nitrogens with one attached hydrogen (secondary N) is 2. The normalized spacial score (nSPS) is 13.9. The molecule has 1 heterocycles. The lowest BCUT2D eigenvalue weighted by Gasteiger charge is -2.27. The van der Waals surface area contributed by atoms with Gasteiger partial charge in [-0.05, 0) is 63.9 Å². The molecule has 3 N–H and O–H groups in total. The molecular formula is C19H35IN4O3S. The van der Waals surface area contributed by atoms with Crippen molar-refractivity contribution >= 4 is 47.4 Å². The van der Waals surface area contributed by atoms with Crippen LogP contribution in [0.4, 0.5) is 4.79 Å². The Bertz CT molecular complexity index is 601. The summed E-state index contributed by atoms with van der Waals surface area (Å²) in [6.07, 6.45) is -0.325. The smallest absolute Gasteiger partial charge is 0.410 e. The number of hydrogen-bond acceptors (Lipinski definition) is 5. The molecule has 1 rings (SSSR count).